The summed E-state index contributed by atoms with van der Waals surface area (Å²) in [4.78, 5) is 25.1. The Morgan fingerprint density at radius 3 is 2.09 bits per heavy atom. The lowest BCUT2D eigenvalue weighted by molar-refractivity contribution is -0.147. The zero-order chi connectivity index (χ0) is 23.0. The summed E-state index contributed by atoms with van der Waals surface area (Å²) in [5.41, 5.74) is 5.38. The lowest BCUT2D eigenvalue weighted by Crippen LogP contribution is -2.42. The van der Waals surface area contributed by atoms with E-state index in [4.69, 9.17) is 9.47 Å². The Kier molecular flexibility index (Phi) is 7.37. The first kappa shape index (κ1) is 22.6. The van der Waals surface area contributed by atoms with Crippen molar-refractivity contribution in [2.24, 2.45) is 0 Å². The molecule has 0 heterocycles. The summed E-state index contributed by atoms with van der Waals surface area (Å²) < 4.78 is 10.9. The number of aliphatic hydroxyl groups is 1. The van der Waals surface area contributed by atoms with Gasteiger partial charge in [-0.1, -0.05) is 78.9 Å². The fourth-order valence-electron chi connectivity index (χ4n) is 4.16. The van der Waals surface area contributed by atoms with Gasteiger partial charge in [0.1, 0.15) is 19.3 Å². The second-order valence-electron chi connectivity index (χ2n) is 7.98. The van der Waals surface area contributed by atoms with Crippen molar-refractivity contribution >= 4 is 12.1 Å². The van der Waals surface area contributed by atoms with Crippen LogP contribution in [0.4, 0.5) is 4.79 Å². The van der Waals surface area contributed by atoms with Gasteiger partial charge in [-0.3, -0.25) is 0 Å². The number of hydrogen-bond acceptors (Lipinski definition) is 5. The molecule has 0 saturated heterocycles. The van der Waals surface area contributed by atoms with Gasteiger partial charge in [0.2, 0.25) is 0 Å². The molecule has 1 aliphatic rings. The van der Waals surface area contributed by atoms with E-state index in [1.54, 1.807) is 0 Å². The predicted octanol–water partition coefficient (Wildman–Crippen LogP) is 4.41. The van der Waals surface area contributed by atoms with Crippen molar-refractivity contribution in [2.75, 3.05) is 13.2 Å². The number of benzene rings is 3. The maximum absolute atomic E-state index is 12.6. The third kappa shape index (κ3) is 5.41. The number of carbonyl (C=O) groups excluding carboxylic acids is 2. The van der Waals surface area contributed by atoms with Crippen LogP contribution in [0.2, 0.25) is 0 Å². The van der Waals surface area contributed by atoms with Crippen molar-refractivity contribution in [3.63, 3.8) is 0 Å². The van der Waals surface area contributed by atoms with Crippen molar-refractivity contribution in [3.05, 3.63) is 95.6 Å². The molecule has 2 N–H and O–H groups in total. The van der Waals surface area contributed by atoms with Crippen molar-refractivity contribution in [2.45, 2.75) is 31.4 Å². The average Bonchev–Trinajstić information content (AvgIpc) is 3.18. The number of amides is 1. The molecule has 1 amide bonds. The number of alkyl carbamates (subject to hydrolysis) is 1. The second kappa shape index (κ2) is 10.8. The lowest BCUT2D eigenvalue weighted by atomic mass is 9.98. The van der Waals surface area contributed by atoms with E-state index in [0.717, 1.165) is 27.8 Å². The largest absolute Gasteiger partial charge is 0.459 e. The van der Waals surface area contributed by atoms with Crippen LogP contribution < -0.4 is 5.32 Å². The number of rotatable bonds is 9. The Hall–Kier alpha value is -3.64. The van der Waals surface area contributed by atoms with Gasteiger partial charge in [0, 0.05) is 12.5 Å². The van der Waals surface area contributed by atoms with Gasteiger partial charge in [0.25, 0.3) is 0 Å². The van der Waals surface area contributed by atoms with Crippen molar-refractivity contribution < 1.29 is 24.2 Å². The highest BCUT2D eigenvalue weighted by atomic mass is 16.6. The van der Waals surface area contributed by atoms with Gasteiger partial charge in [-0.15, -0.1) is 0 Å². The van der Waals surface area contributed by atoms with Gasteiger partial charge in [0.05, 0.1) is 0 Å². The third-order valence-corrected chi connectivity index (χ3v) is 5.80. The summed E-state index contributed by atoms with van der Waals surface area (Å²) in [6.07, 6.45) is -0.0697. The van der Waals surface area contributed by atoms with E-state index in [-0.39, 0.29) is 32.2 Å². The van der Waals surface area contributed by atoms with Crippen LogP contribution in [0.15, 0.2) is 78.9 Å². The third-order valence-electron chi connectivity index (χ3n) is 5.80. The molecular weight excluding hydrogens is 418 g/mol. The molecule has 0 spiro atoms. The first-order chi connectivity index (χ1) is 16.2. The molecule has 3 aromatic rings. The number of hydrogen-bond donors (Lipinski definition) is 2. The zero-order valence-corrected chi connectivity index (χ0v) is 18.3. The molecule has 0 aromatic heterocycles. The maximum Gasteiger partial charge on any atom is 0.407 e. The van der Waals surface area contributed by atoms with Crippen LogP contribution in [0.3, 0.4) is 0 Å². The molecular formula is C27H27NO5. The molecule has 6 heteroatoms. The van der Waals surface area contributed by atoms with Crippen molar-refractivity contribution in [1.29, 1.82) is 0 Å². The summed E-state index contributed by atoms with van der Waals surface area (Å²) in [6, 6.07) is 24.6. The van der Waals surface area contributed by atoms with Crippen LogP contribution in [0.1, 0.15) is 35.4 Å². The topological polar surface area (TPSA) is 84.9 Å². The Bertz CT molecular complexity index is 1050. The highest BCUT2D eigenvalue weighted by molar-refractivity contribution is 5.82. The Morgan fingerprint density at radius 1 is 0.848 bits per heavy atom. The van der Waals surface area contributed by atoms with Crippen molar-refractivity contribution in [3.8, 4) is 11.1 Å². The van der Waals surface area contributed by atoms with Crippen LogP contribution in [-0.2, 0) is 20.9 Å². The van der Waals surface area contributed by atoms with Gasteiger partial charge in [-0.05, 0) is 40.7 Å². The number of ether oxygens (including phenoxy) is 2. The maximum atomic E-state index is 12.6. The SMILES string of the molecule is O=C(NC(CCCO)C(=O)OCc1ccccc1)OCC1c2ccccc2-c2ccccc21. The van der Waals surface area contributed by atoms with Gasteiger partial charge >= 0.3 is 12.1 Å². The standard InChI is InChI=1S/C27H27NO5/c29-16-8-15-25(26(30)32-17-19-9-2-1-3-10-19)28-27(31)33-18-24-22-13-6-4-11-20(22)21-12-5-7-14-23(21)24/h1-7,9-14,24-25,29H,8,15-18H2,(H,28,31). The van der Waals surface area contributed by atoms with Crippen molar-refractivity contribution in [1.82, 2.24) is 5.32 Å². The van der Waals surface area contributed by atoms with E-state index >= 15 is 0 Å². The van der Waals surface area contributed by atoms with Gasteiger partial charge in [-0.2, -0.15) is 0 Å². The second-order valence-corrected chi connectivity index (χ2v) is 7.98. The monoisotopic (exact) mass is 445 g/mol. The fraction of sp³-hybridized carbons (Fsp3) is 0.259. The minimum absolute atomic E-state index is 0.0657. The molecule has 33 heavy (non-hydrogen) atoms. The molecule has 0 fully saturated rings. The molecule has 1 unspecified atom stereocenters. The molecule has 0 saturated carbocycles. The summed E-state index contributed by atoms with van der Waals surface area (Å²) in [7, 11) is 0. The first-order valence-electron chi connectivity index (χ1n) is 11.1. The van der Waals surface area contributed by atoms with Crippen LogP contribution in [0, 0.1) is 0 Å². The number of carbonyl (C=O) groups is 2. The molecule has 1 atom stereocenters. The average molecular weight is 446 g/mol. The van der Waals surface area contributed by atoms with Gasteiger partial charge in [0.15, 0.2) is 0 Å². The summed E-state index contributed by atoms with van der Waals surface area (Å²) >= 11 is 0. The molecule has 0 aliphatic heterocycles. The number of aliphatic hydroxyl groups excluding tert-OH is 1. The normalized spacial score (nSPS) is 13.0. The fourth-order valence-corrected chi connectivity index (χ4v) is 4.16. The molecule has 1 aliphatic carbocycles. The molecule has 6 nitrogen and oxygen atoms in total. The van der Waals surface area contributed by atoms with E-state index in [1.165, 1.54) is 0 Å². The predicted molar refractivity (Wildman–Crippen MR) is 125 cm³/mol. The molecule has 3 aromatic carbocycles. The smallest absolute Gasteiger partial charge is 0.407 e. The number of fused-ring (bicyclic) bond motifs is 3. The summed E-state index contributed by atoms with van der Waals surface area (Å²) in [6.45, 7) is 0.183. The number of nitrogens with one attached hydrogen (secondary N) is 1. The van der Waals surface area contributed by atoms with E-state index in [9.17, 15) is 14.7 Å². The van der Waals surface area contributed by atoms with E-state index in [2.05, 4.69) is 17.4 Å². The Labute approximate surface area is 193 Å². The minimum Gasteiger partial charge on any atom is -0.459 e. The summed E-state index contributed by atoms with van der Waals surface area (Å²) in [5.74, 6) is -0.620. The van der Waals surface area contributed by atoms with Gasteiger partial charge in [-0.25, -0.2) is 9.59 Å². The Morgan fingerprint density at radius 2 is 1.45 bits per heavy atom. The van der Waals surface area contributed by atoms with E-state index in [0.29, 0.717) is 6.42 Å². The highest BCUT2D eigenvalue weighted by Crippen LogP contribution is 2.44. The van der Waals surface area contributed by atoms with Crippen LogP contribution in [0.25, 0.3) is 11.1 Å². The molecule has 0 bridgehead atoms. The highest BCUT2D eigenvalue weighted by Gasteiger charge is 2.30. The number of esters is 1. The van der Waals surface area contributed by atoms with Crippen LogP contribution in [0.5, 0.6) is 0 Å². The molecule has 170 valence electrons. The lowest BCUT2D eigenvalue weighted by Gasteiger charge is -2.19. The Balaban J connectivity index is 1.37. The zero-order valence-electron chi connectivity index (χ0n) is 18.3. The van der Waals surface area contributed by atoms with E-state index in [1.807, 2.05) is 66.7 Å². The van der Waals surface area contributed by atoms with Gasteiger partial charge < -0.3 is 19.9 Å². The summed E-state index contributed by atoms with van der Waals surface area (Å²) in [5, 5.41) is 11.8. The quantitative estimate of drug-likeness (QED) is 0.477. The minimum atomic E-state index is -0.892. The van der Waals surface area contributed by atoms with Crippen LogP contribution in [-0.4, -0.2) is 36.4 Å². The van der Waals surface area contributed by atoms with E-state index < -0.39 is 18.1 Å². The first-order valence-corrected chi connectivity index (χ1v) is 11.1. The van der Waals surface area contributed by atoms with Crippen LogP contribution >= 0.6 is 0 Å². The molecule has 4 rings (SSSR count). The molecule has 0 radical (unpaired) electrons.